The minimum absolute atomic E-state index is 0.0388. The first-order valence-electron chi connectivity index (χ1n) is 11.7. The summed E-state index contributed by atoms with van der Waals surface area (Å²) in [7, 11) is 0. The molecule has 1 unspecified atom stereocenters. The van der Waals surface area contributed by atoms with Gasteiger partial charge in [-0.25, -0.2) is 9.97 Å². The molecule has 2 fully saturated rings. The summed E-state index contributed by atoms with van der Waals surface area (Å²) >= 11 is 0. The maximum atomic E-state index is 11.7. The van der Waals surface area contributed by atoms with Crippen molar-refractivity contribution >= 4 is 34.2 Å². The van der Waals surface area contributed by atoms with Gasteiger partial charge in [0, 0.05) is 0 Å². The van der Waals surface area contributed by atoms with E-state index in [1.165, 1.54) is 21.8 Å². The van der Waals surface area contributed by atoms with E-state index in [-0.39, 0.29) is 34.2 Å². The summed E-state index contributed by atoms with van der Waals surface area (Å²) in [5.74, 6) is -0.202. The van der Waals surface area contributed by atoms with E-state index in [4.69, 9.17) is 31.2 Å². The van der Waals surface area contributed by atoms with Crippen molar-refractivity contribution in [1.29, 1.82) is 0 Å². The van der Waals surface area contributed by atoms with Crippen LogP contribution in [0.5, 0.6) is 0 Å². The number of aliphatic hydroxyl groups excluding tert-OH is 6. The van der Waals surface area contributed by atoms with Crippen LogP contribution in [0, 0.1) is 0 Å². The summed E-state index contributed by atoms with van der Waals surface area (Å²) in [4.78, 5) is 43.5. The lowest BCUT2D eigenvalue weighted by Gasteiger charge is -2.16. The second-order valence-electron chi connectivity index (χ2n) is 9.01. The largest absolute Gasteiger partial charge is 0.394 e. The molecule has 4 aromatic heterocycles. The normalized spacial score (nSPS) is 30.1. The molecule has 2 aliphatic heterocycles. The maximum Gasteiger partial charge on any atom is 0.280 e. The molecule has 0 aromatic carbocycles. The number of nitrogen functional groups attached to an aromatic ring is 2. The summed E-state index contributed by atoms with van der Waals surface area (Å²) in [6, 6.07) is 0. The number of fused-ring (bicyclic) bond motifs is 2. The van der Waals surface area contributed by atoms with Crippen LogP contribution in [0.1, 0.15) is 12.5 Å². The third kappa shape index (κ3) is 4.56. The molecule has 216 valence electrons. The summed E-state index contributed by atoms with van der Waals surface area (Å²) in [5.41, 5.74) is 10.2. The van der Waals surface area contributed by atoms with Gasteiger partial charge < -0.3 is 51.6 Å². The number of H-pyrrole nitrogens is 2. The smallest absolute Gasteiger partial charge is 0.280 e. The fourth-order valence-corrected chi connectivity index (χ4v) is 4.48. The van der Waals surface area contributed by atoms with Crippen LogP contribution in [0.2, 0.25) is 0 Å². The van der Waals surface area contributed by atoms with E-state index in [1.807, 2.05) is 0 Å². The molecule has 0 amide bonds. The van der Waals surface area contributed by atoms with Crippen molar-refractivity contribution in [2.75, 3.05) is 24.7 Å². The molecule has 20 nitrogen and oxygen atoms in total. The first-order chi connectivity index (χ1) is 19.0. The molecule has 2 saturated heterocycles. The highest BCUT2D eigenvalue weighted by Gasteiger charge is 2.45. The van der Waals surface area contributed by atoms with Gasteiger partial charge in [0.2, 0.25) is 11.9 Å². The van der Waals surface area contributed by atoms with Crippen LogP contribution in [0.15, 0.2) is 22.2 Å². The van der Waals surface area contributed by atoms with Gasteiger partial charge in [0.25, 0.3) is 11.1 Å². The molecule has 2 aliphatic rings. The third-order valence-corrected chi connectivity index (χ3v) is 6.48. The Morgan fingerprint density at radius 2 is 1.10 bits per heavy atom. The van der Waals surface area contributed by atoms with Crippen LogP contribution < -0.4 is 22.6 Å². The van der Waals surface area contributed by atoms with Gasteiger partial charge in [-0.1, -0.05) is 0 Å². The van der Waals surface area contributed by atoms with Crippen molar-refractivity contribution in [2.45, 2.75) is 49.1 Å². The molecule has 0 radical (unpaired) electrons. The molecule has 6 heterocycles. The highest BCUT2D eigenvalue weighted by atomic mass is 16.6. The third-order valence-electron chi connectivity index (χ3n) is 6.48. The molecule has 40 heavy (non-hydrogen) atoms. The molecule has 0 saturated carbocycles. The van der Waals surface area contributed by atoms with E-state index < -0.39 is 73.4 Å². The zero-order chi connectivity index (χ0) is 28.9. The molecule has 0 bridgehead atoms. The number of nitrogens with zero attached hydrogens (tertiary/aromatic N) is 6. The lowest BCUT2D eigenvalue weighted by atomic mass is 10.1. The van der Waals surface area contributed by atoms with Crippen molar-refractivity contribution in [2.24, 2.45) is 0 Å². The predicted octanol–water partition coefficient (Wildman–Crippen LogP) is -5.37. The number of imidazole rings is 2. The Morgan fingerprint density at radius 3 is 1.43 bits per heavy atom. The van der Waals surface area contributed by atoms with E-state index in [2.05, 4.69) is 29.9 Å². The Kier molecular flexibility index (Phi) is 7.24. The van der Waals surface area contributed by atoms with Crippen molar-refractivity contribution < 1.29 is 40.1 Å². The second-order valence-corrected chi connectivity index (χ2v) is 9.01. The number of anilines is 2. The van der Waals surface area contributed by atoms with E-state index in [1.54, 1.807) is 0 Å². The van der Waals surface area contributed by atoms with E-state index >= 15 is 0 Å². The highest BCUT2D eigenvalue weighted by molar-refractivity contribution is 5.71. The van der Waals surface area contributed by atoms with Crippen LogP contribution in [0.4, 0.5) is 11.9 Å². The van der Waals surface area contributed by atoms with Gasteiger partial charge in [0.15, 0.2) is 34.8 Å². The van der Waals surface area contributed by atoms with E-state index in [9.17, 15) is 30.0 Å². The van der Waals surface area contributed by atoms with Gasteiger partial charge in [0.05, 0.1) is 25.9 Å². The second kappa shape index (κ2) is 10.5. The first-order valence-corrected chi connectivity index (χ1v) is 11.7. The molecule has 6 rings (SSSR count). The minimum Gasteiger partial charge on any atom is -0.394 e. The van der Waals surface area contributed by atoms with Gasteiger partial charge in [0.1, 0.15) is 36.6 Å². The highest BCUT2D eigenvalue weighted by Crippen LogP contribution is 2.32. The van der Waals surface area contributed by atoms with Crippen LogP contribution in [0.3, 0.4) is 0 Å². The minimum atomic E-state index is -1.29. The monoisotopic (exact) mass is 566 g/mol. The average molecular weight is 566 g/mol. The zero-order valence-electron chi connectivity index (χ0n) is 20.3. The predicted molar refractivity (Wildman–Crippen MR) is 131 cm³/mol. The lowest BCUT2D eigenvalue weighted by molar-refractivity contribution is -0.0511. The number of aromatic nitrogens is 8. The van der Waals surface area contributed by atoms with Gasteiger partial charge in [-0.05, 0) is 0 Å². The molecular formula is C20H26N10O10. The van der Waals surface area contributed by atoms with Crippen LogP contribution in [-0.4, -0.2) is 120 Å². The number of aromatic amines is 2. The molecule has 12 N–H and O–H groups in total. The van der Waals surface area contributed by atoms with Crippen molar-refractivity contribution in [3.05, 3.63) is 33.4 Å². The summed E-state index contributed by atoms with van der Waals surface area (Å²) in [6.07, 6.45) is -6.43. The van der Waals surface area contributed by atoms with Crippen molar-refractivity contribution in [1.82, 2.24) is 39.0 Å². The number of nitrogens with one attached hydrogen (secondary N) is 2. The van der Waals surface area contributed by atoms with E-state index in [0.717, 1.165) is 0 Å². The standard InChI is InChI=1S/2C10H13N5O5/c2*11-10-13-7-4(8(19)14-10)12-2-15(7)9-6(18)5(17)3(1-16)20-9/h2*2-3,5-6,9,16-18H,1H2,(H3,11,13,14,19)/t3-,5-,6-,9?;3-,5-,6-,9-/m11/s1. The van der Waals surface area contributed by atoms with Crippen molar-refractivity contribution in [3.63, 3.8) is 0 Å². The topological polar surface area (TPSA) is 319 Å². The molecule has 0 aliphatic carbocycles. The molecule has 8 atom stereocenters. The number of rotatable bonds is 4. The fraction of sp³-hybridized carbons (Fsp3) is 0.500. The van der Waals surface area contributed by atoms with Gasteiger partial charge in [-0.3, -0.25) is 28.7 Å². The number of aliphatic hydroxyl groups is 6. The zero-order valence-corrected chi connectivity index (χ0v) is 20.3. The quantitative estimate of drug-likeness (QED) is 0.110. The van der Waals surface area contributed by atoms with E-state index in [0.29, 0.717) is 0 Å². The number of ether oxygens (including phenoxy) is 2. The summed E-state index contributed by atoms with van der Waals surface area (Å²) in [5, 5.41) is 57.5. The average Bonchev–Trinajstić information content (AvgIpc) is 3.66. The molecule has 0 spiro atoms. The molecule has 20 heteroatoms. The van der Waals surface area contributed by atoms with Crippen LogP contribution in [0.25, 0.3) is 22.3 Å². The Balaban J connectivity index is 0.000000161. The Bertz CT molecular complexity index is 1510. The Morgan fingerprint density at radius 1 is 0.725 bits per heavy atom. The lowest BCUT2D eigenvalue weighted by Crippen LogP contribution is -2.33. The van der Waals surface area contributed by atoms with Crippen LogP contribution in [-0.2, 0) is 9.47 Å². The van der Waals surface area contributed by atoms with Gasteiger partial charge in [-0.2, -0.15) is 9.97 Å². The first kappa shape index (κ1) is 27.5. The summed E-state index contributed by atoms with van der Waals surface area (Å²) in [6.45, 7) is -0.894. The molecular weight excluding hydrogens is 540 g/mol. The SMILES string of the molecule is Nc1nc2c(ncn2C2O[C@H](CO)[C@@H](O)[C@H]2O)c(=O)[nH]1.Nc1nc2c(ncn2[C@@H]2O[C@H](CO)[C@@H](O)[C@H]2O)c(=O)[nH]1. The maximum absolute atomic E-state index is 11.7. The number of hydrogen-bond acceptors (Lipinski definition) is 16. The molecule has 4 aromatic rings. The fourth-order valence-electron chi connectivity index (χ4n) is 4.48. The summed E-state index contributed by atoms with van der Waals surface area (Å²) < 4.78 is 13.3. The number of hydrogen-bond donors (Lipinski definition) is 10. The van der Waals surface area contributed by atoms with Crippen molar-refractivity contribution in [3.8, 4) is 0 Å². The van der Waals surface area contributed by atoms with Crippen LogP contribution >= 0.6 is 0 Å². The Labute approximate surface area is 221 Å². The Hall–Kier alpha value is -4.02. The van der Waals surface area contributed by atoms with Gasteiger partial charge in [-0.15, -0.1) is 0 Å². The number of nitrogens with two attached hydrogens (primary N) is 2. The van der Waals surface area contributed by atoms with Gasteiger partial charge >= 0.3 is 0 Å².